The first-order valence-corrected chi connectivity index (χ1v) is 11.2. The lowest BCUT2D eigenvalue weighted by Gasteiger charge is -2.22. The molecule has 1 aliphatic carbocycles. The van der Waals surface area contributed by atoms with Gasteiger partial charge in [0.1, 0.15) is 5.69 Å². The molecule has 4 aromatic rings. The van der Waals surface area contributed by atoms with E-state index in [0.29, 0.717) is 12.2 Å². The van der Waals surface area contributed by atoms with Crippen molar-refractivity contribution in [2.75, 3.05) is 27.2 Å². The Morgan fingerprint density at radius 1 is 1.06 bits per heavy atom. The van der Waals surface area contributed by atoms with Crippen LogP contribution < -0.4 is 5.32 Å². The number of carbonyl (C=O) groups excluding carboxylic acids is 1. The van der Waals surface area contributed by atoms with Crippen molar-refractivity contribution in [3.8, 4) is 11.3 Å². The third-order valence-electron chi connectivity index (χ3n) is 6.28. The molecule has 0 spiro atoms. The summed E-state index contributed by atoms with van der Waals surface area (Å²) in [6, 6.07) is 7.87. The Hall–Kier alpha value is -3.32. The molecule has 0 saturated carbocycles. The highest BCUT2D eigenvalue weighted by atomic mass is 16.1. The van der Waals surface area contributed by atoms with Crippen molar-refractivity contribution >= 4 is 27.7 Å². The van der Waals surface area contributed by atoms with Gasteiger partial charge >= 0.3 is 0 Å². The number of rotatable bonds is 5. The van der Waals surface area contributed by atoms with Crippen molar-refractivity contribution < 1.29 is 4.79 Å². The number of amides is 1. The standard InChI is InChI=1S/C25H28N6O/c1-15-22-20(30-29-15)11-10-19-23(22)17-6-4-5-7-18(17)24(28-19)16-8-9-21(27-14-16)25(32)26-12-13-31(2)3/h8-11,14H,4-7,12-13H2,1-3H3,(H,26,32)(H,29,30). The van der Waals surface area contributed by atoms with Crippen LogP contribution in [-0.4, -0.2) is 58.2 Å². The van der Waals surface area contributed by atoms with Crippen molar-refractivity contribution in [1.29, 1.82) is 0 Å². The van der Waals surface area contributed by atoms with Gasteiger partial charge in [0.15, 0.2) is 0 Å². The number of aryl methyl sites for hydroxylation is 2. The predicted molar refractivity (Wildman–Crippen MR) is 127 cm³/mol. The van der Waals surface area contributed by atoms with E-state index >= 15 is 0 Å². The lowest BCUT2D eigenvalue weighted by atomic mass is 9.85. The summed E-state index contributed by atoms with van der Waals surface area (Å²) in [6.07, 6.45) is 6.18. The molecule has 1 aromatic carbocycles. The molecule has 2 N–H and O–H groups in total. The van der Waals surface area contributed by atoms with Crippen LogP contribution in [0, 0.1) is 6.92 Å². The van der Waals surface area contributed by atoms with Gasteiger partial charge in [-0.05, 0) is 82.1 Å². The van der Waals surface area contributed by atoms with Crippen LogP contribution in [0.2, 0.25) is 0 Å². The molecule has 0 radical (unpaired) electrons. The van der Waals surface area contributed by atoms with E-state index in [4.69, 9.17) is 4.98 Å². The number of nitrogens with one attached hydrogen (secondary N) is 2. The molecular weight excluding hydrogens is 400 g/mol. The van der Waals surface area contributed by atoms with Gasteiger partial charge in [0.25, 0.3) is 5.91 Å². The van der Waals surface area contributed by atoms with Crippen molar-refractivity contribution in [1.82, 2.24) is 30.4 Å². The molecule has 164 valence electrons. The SMILES string of the molecule is Cc1[nH]nc2ccc3nc(-c4ccc(C(=O)NCCN(C)C)nc4)c4c(c3c12)CCCC4. The van der Waals surface area contributed by atoms with E-state index in [1.165, 1.54) is 28.3 Å². The van der Waals surface area contributed by atoms with Gasteiger partial charge in [0.2, 0.25) is 0 Å². The van der Waals surface area contributed by atoms with Crippen LogP contribution in [0.25, 0.3) is 33.1 Å². The number of hydrogen-bond donors (Lipinski definition) is 2. The fourth-order valence-electron chi connectivity index (χ4n) is 4.67. The smallest absolute Gasteiger partial charge is 0.269 e. The fraction of sp³-hybridized carbons (Fsp3) is 0.360. The molecular formula is C25H28N6O. The second-order valence-electron chi connectivity index (χ2n) is 8.82. The van der Waals surface area contributed by atoms with Crippen molar-refractivity contribution in [3.63, 3.8) is 0 Å². The van der Waals surface area contributed by atoms with E-state index in [2.05, 4.69) is 33.5 Å². The molecule has 1 amide bonds. The first kappa shape index (κ1) is 20.6. The average Bonchev–Trinajstić information content (AvgIpc) is 3.19. The van der Waals surface area contributed by atoms with Crippen LogP contribution in [0.3, 0.4) is 0 Å². The molecule has 3 aromatic heterocycles. The summed E-state index contributed by atoms with van der Waals surface area (Å²) in [5, 5.41) is 12.9. The number of hydrogen-bond acceptors (Lipinski definition) is 5. The highest BCUT2D eigenvalue weighted by Gasteiger charge is 2.22. The van der Waals surface area contributed by atoms with Gasteiger partial charge < -0.3 is 10.2 Å². The number of nitrogens with zero attached hydrogens (tertiary/aromatic N) is 4. The normalized spacial score (nSPS) is 13.6. The van der Waals surface area contributed by atoms with Crippen LogP contribution >= 0.6 is 0 Å². The number of aromatic amines is 1. The van der Waals surface area contributed by atoms with Crippen LogP contribution in [0.1, 0.15) is 40.2 Å². The third kappa shape index (κ3) is 3.62. The molecule has 1 aliphatic rings. The van der Waals surface area contributed by atoms with Gasteiger partial charge in [0, 0.05) is 41.3 Å². The first-order valence-electron chi connectivity index (χ1n) is 11.2. The Balaban J connectivity index is 1.55. The second-order valence-corrected chi connectivity index (χ2v) is 8.82. The molecule has 0 bridgehead atoms. The zero-order valence-electron chi connectivity index (χ0n) is 18.8. The van der Waals surface area contributed by atoms with Crippen LogP contribution in [0.15, 0.2) is 30.5 Å². The van der Waals surface area contributed by atoms with Gasteiger partial charge in [-0.1, -0.05) is 0 Å². The molecule has 0 fully saturated rings. The van der Waals surface area contributed by atoms with E-state index in [1.54, 1.807) is 12.3 Å². The van der Waals surface area contributed by atoms with Crippen LogP contribution in [-0.2, 0) is 12.8 Å². The summed E-state index contributed by atoms with van der Waals surface area (Å²) in [6.45, 7) is 3.46. The summed E-state index contributed by atoms with van der Waals surface area (Å²) in [7, 11) is 3.96. The lowest BCUT2D eigenvalue weighted by molar-refractivity contribution is 0.0946. The topological polar surface area (TPSA) is 86.8 Å². The molecule has 7 nitrogen and oxygen atoms in total. The monoisotopic (exact) mass is 428 g/mol. The third-order valence-corrected chi connectivity index (χ3v) is 6.28. The van der Waals surface area contributed by atoms with Gasteiger partial charge in [0.05, 0.1) is 16.7 Å². The number of benzene rings is 1. The number of carbonyl (C=O) groups is 1. The molecule has 7 heteroatoms. The molecule has 3 heterocycles. The summed E-state index contributed by atoms with van der Waals surface area (Å²) in [5.41, 5.74) is 8.13. The van der Waals surface area contributed by atoms with Crippen LogP contribution in [0.4, 0.5) is 0 Å². The molecule has 32 heavy (non-hydrogen) atoms. The molecule has 5 rings (SSSR count). The molecule has 0 saturated heterocycles. The second kappa shape index (κ2) is 8.31. The Kier molecular flexibility index (Phi) is 5.35. The average molecular weight is 429 g/mol. The maximum absolute atomic E-state index is 12.4. The van der Waals surface area contributed by atoms with Gasteiger partial charge in [-0.3, -0.25) is 14.9 Å². The maximum Gasteiger partial charge on any atom is 0.269 e. The van der Waals surface area contributed by atoms with Gasteiger partial charge in [-0.2, -0.15) is 5.10 Å². The minimum atomic E-state index is -0.148. The predicted octanol–water partition coefficient (Wildman–Crippen LogP) is 3.65. The molecule has 0 aliphatic heterocycles. The fourth-order valence-corrected chi connectivity index (χ4v) is 4.67. The number of pyridine rings is 2. The Morgan fingerprint density at radius 2 is 1.84 bits per heavy atom. The zero-order chi connectivity index (χ0) is 22.2. The first-order chi connectivity index (χ1) is 15.5. The number of fused-ring (bicyclic) bond motifs is 5. The minimum Gasteiger partial charge on any atom is -0.349 e. The highest BCUT2D eigenvalue weighted by Crippen LogP contribution is 2.38. The van der Waals surface area contributed by atoms with Gasteiger partial charge in [-0.15, -0.1) is 0 Å². The van der Waals surface area contributed by atoms with E-state index in [1.807, 2.05) is 31.1 Å². The van der Waals surface area contributed by atoms with Crippen molar-refractivity contribution in [2.45, 2.75) is 32.6 Å². The summed E-state index contributed by atoms with van der Waals surface area (Å²) >= 11 is 0. The maximum atomic E-state index is 12.4. The van der Waals surface area contributed by atoms with Crippen LogP contribution in [0.5, 0.6) is 0 Å². The van der Waals surface area contributed by atoms with E-state index < -0.39 is 0 Å². The number of aromatic nitrogens is 4. The lowest BCUT2D eigenvalue weighted by Crippen LogP contribution is -2.31. The Morgan fingerprint density at radius 3 is 2.59 bits per heavy atom. The van der Waals surface area contributed by atoms with Crippen molar-refractivity contribution in [3.05, 3.63) is 53.0 Å². The minimum absolute atomic E-state index is 0.148. The summed E-state index contributed by atoms with van der Waals surface area (Å²) in [4.78, 5) is 24.0. The Bertz CT molecular complexity index is 1310. The largest absolute Gasteiger partial charge is 0.349 e. The van der Waals surface area contributed by atoms with Gasteiger partial charge in [-0.25, -0.2) is 4.98 Å². The number of likely N-dealkylation sites (N-methyl/N-ethyl adjacent to an activating group) is 1. The zero-order valence-corrected chi connectivity index (χ0v) is 18.8. The summed E-state index contributed by atoms with van der Waals surface area (Å²) in [5.74, 6) is -0.148. The molecule has 0 unspecified atom stereocenters. The summed E-state index contributed by atoms with van der Waals surface area (Å²) < 4.78 is 0. The molecule has 0 atom stereocenters. The van der Waals surface area contributed by atoms with E-state index in [9.17, 15) is 4.79 Å². The van der Waals surface area contributed by atoms with E-state index in [0.717, 1.165) is 53.8 Å². The highest BCUT2D eigenvalue weighted by molar-refractivity contribution is 6.09. The number of H-pyrrole nitrogens is 1. The quantitative estimate of drug-likeness (QED) is 0.507. The van der Waals surface area contributed by atoms with Crippen molar-refractivity contribution in [2.24, 2.45) is 0 Å². The Labute approximate surface area is 187 Å². The van der Waals surface area contributed by atoms with E-state index in [-0.39, 0.29) is 5.91 Å².